The fourth-order valence-electron chi connectivity index (χ4n) is 4.73. The maximum absolute atomic E-state index is 13.5. The molecule has 1 saturated carbocycles. The first-order valence-corrected chi connectivity index (χ1v) is 12.6. The maximum atomic E-state index is 13.5. The third-order valence-corrected chi connectivity index (χ3v) is 6.93. The van der Waals surface area contributed by atoms with E-state index in [1.807, 2.05) is 65.0 Å². The Labute approximate surface area is 204 Å². The van der Waals surface area contributed by atoms with Gasteiger partial charge in [-0.3, -0.25) is 9.59 Å². The molecule has 0 aliphatic heterocycles. The second-order valence-corrected chi connectivity index (χ2v) is 9.77. The zero-order chi connectivity index (χ0) is 24.7. The zero-order valence-electron chi connectivity index (χ0n) is 21.4. The molecule has 3 rings (SSSR count). The number of carbonyl (C=O) groups excluding carboxylic acids is 2. The van der Waals surface area contributed by atoms with E-state index in [9.17, 15) is 9.59 Å². The number of hydrogen-bond acceptors (Lipinski definition) is 3. The highest BCUT2D eigenvalue weighted by Crippen LogP contribution is 2.24. The van der Waals surface area contributed by atoms with Crippen LogP contribution in [0.2, 0.25) is 0 Å². The number of carbonyl (C=O) groups is 2. The molecule has 0 aromatic heterocycles. The van der Waals surface area contributed by atoms with Crippen molar-refractivity contribution in [3.05, 3.63) is 64.2 Å². The Morgan fingerprint density at radius 2 is 1.68 bits per heavy atom. The standard InChI is InChI=1S/C29H40N2O3/c1-6-26(29(33)30-25-10-8-7-9-11-25)31(18-24-14-12-20(2)13-15-24)28(32)19-34-27-17-21(3)16-22(4)23(27)5/h12-17,25-26H,6-11,18-19H2,1-5H3,(H,30,33)/t26-/m0/s1. The van der Waals surface area contributed by atoms with Gasteiger partial charge >= 0.3 is 0 Å². The summed E-state index contributed by atoms with van der Waals surface area (Å²) >= 11 is 0. The Bertz CT molecular complexity index is 978. The number of amides is 2. The summed E-state index contributed by atoms with van der Waals surface area (Å²) in [6, 6.07) is 11.9. The van der Waals surface area contributed by atoms with Crippen molar-refractivity contribution < 1.29 is 14.3 Å². The molecule has 5 heteroatoms. The molecule has 2 aromatic rings. The molecule has 5 nitrogen and oxygen atoms in total. The normalized spacial score (nSPS) is 15.0. The van der Waals surface area contributed by atoms with Crippen LogP contribution in [-0.4, -0.2) is 35.4 Å². The van der Waals surface area contributed by atoms with Crippen LogP contribution >= 0.6 is 0 Å². The molecule has 0 unspecified atom stereocenters. The molecular formula is C29H40N2O3. The van der Waals surface area contributed by atoms with E-state index < -0.39 is 6.04 Å². The van der Waals surface area contributed by atoms with E-state index in [0.29, 0.717) is 13.0 Å². The van der Waals surface area contributed by atoms with Crippen LogP contribution in [0.15, 0.2) is 36.4 Å². The first-order chi connectivity index (χ1) is 16.3. The Morgan fingerprint density at radius 3 is 2.32 bits per heavy atom. The summed E-state index contributed by atoms with van der Waals surface area (Å²) in [5, 5.41) is 3.22. The maximum Gasteiger partial charge on any atom is 0.261 e. The van der Waals surface area contributed by atoms with Crippen LogP contribution < -0.4 is 10.1 Å². The molecule has 0 saturated heterocycles. The molecular weight excluding hydrogens is 424 g/mol. The van der Waals surface area contributed by atoms with Crippen LogP contribution in [0.5, 0.6) is 5.75 Å². The van der Waals surface area contributed by atoms with Gasteiger partial charge in [-0.1, -0.05) is 62.1 Å². The second-order valence-electron chi connectivity index (χ2n) is 9.77. The summed E-state index contributed by atoms with van der Waals surface area (Å²) in [4.78, 5) is 28.5. The number of ether oxygens (including phenoxy) is 1. The summed E-state index contributed by atoms with van der Waals surface area (Å²) < 4.78 is 6.00. The van der Waals surface area contributed by atoms with Gasteiger partial charge in [-0.05, 0) is 75.3 Å². The largest absolute Gasteiger partial charge is 0.483 e. The third kappa shape index (κ3) is 6.85. The molecule has 184 valence electrons. The fourth-order valence-corrected chi connectivity index (χ4v) is 4.73. The molecule has 0 heterocycles. The molecule has 1 aliphatic rings. The Kier molecular flexibility index (Phi) is 9.14. The Balaban J connectivity index is 1.78. The number of benzene rings is 2. The summed E-state index contributed by atoms with van der Waals surface area (Å²) in [6.45, 7) is 10.4. The van der Waals surface area contributed by atoms with Crippen LogP contribution in [0.4, 0.5) is 0 Å². The molecule has 0 radical (unpaired) electrons. The molecule has 1 N–H and O–H groups in total. The number of aryl methyl sites for hydroxylation is 3. The van der Waals surface area contributed by atoms with E-state index in [2.05, 4.69) is 11.4 Å². The van der Waals surface area contributed by atoms with Gasteiger partial charge < -0.3 is 15.0 Å². The monoisotopic (exact) mass is 464 g/mol. The molecule has 2 aromatic carbocycles. The fraction of sp³-hybridized carbons (Fsp3) is 0.517. The Morgan fingerprint density at radius 1 is 1.00 bits per heavy atom. The first kappa shape index (κ1) is 25.8. The first-order valence-electron chi connectivity index (χ1n) is 12.6. The van der Waals surface area contributed by atoms with Crippen molar-refractivity contribution in [3.8, 4) is 5.75 Å². The van der Waals surface area contributed by atoms with Gasteiger partial charge in [0.15, 0.2) is 6.61 Å². The lowest BCUT2D eigenvalue weighted by Crippen LogP contribution is -2.52. The van der Waals surface area contributed by atoms with Gasteiger partial charge in [0.2, 0.25) is 5.91 Å². The predicted octanol–water partition coefficient (Wildman–Crippen LogP) is 5.56. The lowest BCUT2D eigenvalue weighted by atomic mass is 9.95. The summed E-state index contributed by atoms with van der Waals surface area (Å²) in [5.41, 5.74) is 5.44. The van der Waals surface area contributed by atoms with Gasteiger partial charge in [0.1, 0.15) is 11.8 Å². The predicted molar refractivity (Wildman–Crippen MR) is 137 cm³/mol. The highest BCUT2D eigenvalue weighted by Gasteiger charge is 2.30. The van der Waals surface area contributed by atoms with E-state index in [0.717, 1.165) is 59.3 Å². The average Bonchev–Trinajstić information content (AvgIpc) is 2.82. The number of nitrogens with one attached hydrogen (secondary N) is 1. The van der Waals surface area contributed by atoms with Gasteiger partial charge in [-0.2, -0.15) is 0 Å². The highest BCUT2D eigenvalue weighted by atomic mass is 16.5. The van der Waals surface area contributed by atoms with E-state index in [4.69, 9.17) is 4.74 Å². The molecule has 1 fully saturated rings. The summed E-state index contributed by atoms with van der Waals surface area (Å²) in [7, 11) is 0. The van der Waals surface area contributed by atoms with Crippen molar-refractivity contribution in [2.75, 3.05) is 6.61 Å². The second kappa shape index (κ2) is 12.0. The molecule has 2 amide bonds. The lowest BCUT2D eigenvalue weighted by Gasteiger charge is -2.32. The van der Waals surface area contributed by atoms with Crippen molar-refractivity contribution in [3.63, 3.8) is 0 Å². The number of rotatable bonds is 9. The Hall–Kier alpha value is -2.82. The molecule has 0 bridgehead atoms. The SMILES string of the molecule is CC[C@@H](C(=O)NC1CCCCC1)N(Cc1ccc(C)cc1)C(=O)COc1cc(C)cc(C)c1C. The van der Waals surface area contributed by atoms with Crippen LogP contribution in [0, 0.1) is 27.7 Å². The quantitative estimate of drug-likeness (QED) is 0.529. The van der Waals surface area contributed by atoms with E-state index >= 15 is 0 Å². The van der Waals surface area contributed by atoms with Crippen molar-refractivity contribution >= 4 is 11.8 Å². The minimum Gasteiger partial charge on any atom is -0.483 e. The van der Waals surface area contributed by atoms with Crippen molar-refractivity contribution in [2.24, 2.45) is 0 Å². The van der Waals surface area contributed by atoms with Crippen molar-refractivity contribution in [2.45, 2.75) is 91.8 Å². The zero-order valence-corrected chi connectivity index (χ0v) is 21.4. The van der Waals surface area contributed by atoms with Crippen LogP contribution in [0.25, 0.3) is 0 Å². The minimum absolute atomic E-state index is 0.0579. The average molecular weight is 465 g/mol. The van der Waals surface area contributed by atoms with Gasteiger partial charge in [0.25, 0.3) is 5.91 Å². The molecule has 1 atom stereocenters. The van der Waals surface area contributed by atoms with Gasteiger partial charge in [0, 0.05) is 12.6 Å². The van der Waals surface area contributed by atoms with E-state index in [-0.39, 0.29) is 24.5 Å². The molecule has 1 aliphatic carbocycles. The van der Waals surface area contributed by atoms with Crippen molar-refractivity contribution in [1.82, 2.24) is 10.2 Å². The smallest absolute Gasteiger partial charge is 0.261 e. The highest BCUT2D eigenvalue weighted by molar-refractivity contribution is 5.88. The van der Waals surface area contributed by atoms with Crippen LogP contribution in [-0.2, 0) is 16.1 Å². The third-order valence-electron chi connectivity index (χ3n) is 6.93. The number of nitrogens with zero attached hydrogens (tertiary/aromatic N) is 1. The molecule has 0 spiro atoms. The summed E-state index contributed by atoms with van der Waals surface area (Å²) in [5.74, 6) is 0.489. The van der Waals surface area contributed by atoms with Gasteiger partial charge in [-0.15, -0.1) is 0 Å². The van der Waals surface area contributed by atoms with E-state index in [1.165, 1.54) is 6.42 Å². The lowest BCUT2D eigenvalue weighted by molar-refractivity contribution is -0.143. The van der Waals surface area contributed by atoms with Crippen molar-refractivity contribution in [1.29, 1.82) is 0 Å². The van der Waals surface area contributed by atoms with Gasteiger partial charge in [-0.25, -0.2) is 0 Å². The van der Waals surface area contributed by atoms with Crippen LogP contribution in [0.1, 0.15) is 73.3 Å². The van der Waals surface area contributed by atoms with Crippen LogP contribution in [0.3, 0.4) is 0 Å². The molecule has 34 heavy (non-hydrogen) atoms. The minimum atomic E-state index is -0.528. The topological polar surface area (TPSA) is 58.6 Å². The van der Waals surface area contributed by atoms with Gasteiger partial charge in [0.05, 0.1) is 0 Å². The van der Waals surface area contributed by atoms with E-state index in [1.54, 1.807) is 4.90 Å². The summed E-state index contributed by atoms with van der Waals surface area (Å²) in [6.07, 6.45) is 6.12. The number of hydrogen-bond donors (Lipinski definition) is 1.